The first kappa shape index (κ1) is 17.3. The van der Waals surface area contributed by atoms with Gasteiger partial charge in [0.15, 0.2) is 0 Å². The summed E-state index contributed by atoms with van der Waals surface area (Å²) in [6, 6.07) is 10.9. The standard InChI is InChI=1S/C18H20BrNO3/c1-11(2)23-17-7-6-15(19)8-14(17)10-20-16-9-13(18(21)22)5-4-12(16)3/h4-9,11,20H,10H2,1-3H3,(H,21,22). The molecule has 0 aromatic heterocycles. The maximum absolute atomic E-state index is 11.1. The summed E-state index contributed by atoms with van der Waals surface area (Å²) in [4.78, 5) is 11.1. The van der Waals surface area contributed by atoms with Crippen molar-refractivity contribution in [3.63, 3.8) is 0 Å². The van der Waals surface area contributed by atoms with E-state index in [9.17, 15) is 4.79 Å². The first-order valence-electron chi connectivity index (χ1n) is 7.39. The predicted molar refractivity (Wildman–Crippen MR) is 95.4 cm³/mol. The van der Waals surface area contributed by atoms with Crippen molar-refractivity contribution in [1.82, 2.24) is 0 Å². The van der Waals surface area contributed by atoms with Gasteiger partial charge in [0, 0.05) is 22.3 Å². The largest absolute Gasteiger partial charge is 0.491 e. The number of rotatable bonds is 6. The van der Waals surface area contributed by atoms with Gasteiger partial charge < -0.3 is 15.2 Å². The van der Waals surface area contributed by atoms with Crippen LogP contribution < -0.4 is 10.1 Å². The second-order valence-electron chi connectivity index (χ2n) is 5.61. The van der Waals surface area contributed by atoms with Gasteiger partial charge in [-0.3, -0.25) is 0 Å². The first-order chi connectivity index (χ1) is 10.9. The molecule has 0 fully saturated rings. The molecular formula is C18H20BrNO3. The molecule has 0 bridgehead atoms. The average molecular weight is 378 g/mol. The molecule has 122 valence electrons. The SMILES string of the molecule is Cc1ccc(C(=O)O)cc1NCc1cc(Br)ccc1OC(C)C. The van der Waals surface area contributed by atoms with Gasteiger partial charge in [0.1, 0.15) is 5.75 Å². The minimum absolute atomic E-state index is 0.0898. The van der Waals surface area contributed by atoms with Crippen molar-refractivity contribution in [3.05, 3.63) is 57.6 Å². The highest BCUT2D eigenvalue weighted by Crippen LogP contribution is 2.26. The number of hydrogen-bond donors (Lipinski definition) is 2. The second-order valence-corrected chi connectivity index (χ2v) is 6.52. The van der Waals surface area contributed by atoms with Crippen molar-refractivity contribution in [3.8, 4) is 5.75 Å². The van der Waals surface area contributed by atoms with Crippen LogP contribution in [0.5, 0.6) is 5.75 Å². The lowest BCUT2D eigenvalue weighted by Gasteiger charge is -2.16. The summed E-state index contributed by atoms with van der Waals surface area (Å²) < 4.78 is 6.80. The predicted octanol–water partition coefficient (Wildman–Crippen LogP) is 4.86. The molecule has 23 heavy (non-hydrogen) atoms. The fraction of sp³-hybridized carbons (Fsp3) is 0.278. The maximum atomic E-state index is 11.1. The Labute approximate surface area is 144 Å². The van der Waals surface area contributed by atoms with E-state index in [1.807, 2.05) is 39.0 Å². The number of benzene rings is 2. The van der Waals surface area contributed by atoms with Crippen LogP contribution in [0.1, 0.15) is 35.3 Å². The number of nitrogens with one attached hydrogen (secondary N) is 1. The molecule has 2 N–H and O–H groups in total. The molecule has 2 aromatic carbocycles. The van der Waals surface area contributed by atoms with Gasteiger partial charge in [-0.05, 0) is 56.7 Å². The number of carboxylic acids is 1. The Morgan fingerprint density at radius 3 is 2.65 bits per heavy atom. The quantitative estimate of drug-likeness (QED) is 0.754. The smallest absolute Gasteiger partial charge is 0.335 e. The molecule has 0 unspecified atom stereocenters. The van der Waals surface area contributed by atoms with Crippen LogP contribution in [-0.4, -0.2) is 17.2 Å². The van der Waals surface area contributed by atoms with Gasteiger partial charge in [-0.2, -0.15) is 0 Å². The van der Waals surface area contributed by atoms with Crippen LogP contribution in [0.3, 0.4) is 0 Å². The Bertz CT molecular complexity index is 713. The minimum Gasteiger partial charge on any atom is -0.491 e. The van der Waals surface area contributed by atoms with Crippen LogP contribution in [0.4, 0.5) is 5.69 Å². The lowest BCUT2D eigenvalue weighted by molar-refractivity contribution is 0.0697. The number of hydrogen-bond acceptors (Lipinski definition) is 3. The molecule has 0 aliphatic heterocycles. The van der Waals surface area contributed by atoms with Crippen LogP contribution in [0.2, 0.25) is 0 Å². The number of aromatic carboxylic acids is 1. The zero-order valence-electron chi connectivity index (χ0n) is 13.4. The lowest BCUT2D eigenvalue weighted by atomic mass is 10.1. The van der Waals surface area contributed by atoms with Gasteiger partial charge in [0.25, 0.3) is 0 Å². The Hall–Kier alpha value is -2.01. The molecular weight excluding hydrogens is 358 g/mol. The van der Waals surface area contributed by atoms with Gasteiger partial charge in [0.05, 0.1) is 11.7 Å². The third-order valence-corrected chi connectivity index (χ3v) is 3.83. The highest BCUT2D eigenvalue weighted by molar-refractivity contribution is 9.10. The molecule has 0 spiro atoms. The van der Waals surface area contributed by atoms with E-state index >= 15 is 0 Å². The van der Waals surface area contributed by atoms with Crippen LogP contribution >= 0.6 is 15.9 Å². The Morgan fingerprint density at radius 1 is 1.26 bits per heavy atom. The van der Waals surface area contributed by atoms with Gasteiger partial charge >= 0.3 is 5.97 Å². The van der Waals surface area contributed by atoms with Crippen molar-refractivity contribution >= 4 is 27.6 Å². The molecule has 2 rings (SSSR count). The first-order valence-corrected chi connectivity index (χ1v) is 8.19. The van der Waals surface area contributed by atoms with Crippen LogP contribution in [0.15, 0.2) is 40.9 Å². The number of carbonyl (C=O) groups is 1. The van der Waals surface area contributed by atoms with Crippen LogP contribution in [0.25, 0.3) is 0 Å². The number of carboxylic acid groups (broad SMARTS) is 1. The molecule has 0 saturated carbocycles. The van der Waals surface area contributed by atoms with E-state index < -0.39 is 5.97 Å². The molecule has 0 aliphatic rings. The van der Waals surface area contributed by atoms with Gasteiger partial charge in [-0.15, -0.1) is 0 Å². The Balaban J connectivity index is 2.22. The monoisotopic (exact) mass is 377 g/mol. The highest BCUT2D eigenvalue weighted by atomic mass is 79.9. The number of anilines is 1. The molecule has 5 heteroatoms. The number of halogens is 1. The van der Waals surface area contributed by atoms with Gasteiger partial charge in [-0.25, -0.2) is 4.79 Å². The van der Waals surface area contributed by atoms with Crippen molar-refractivity contribution in [2.75, 3.05) is 5.32 Å². The third kappa shape index (κ3) is 4.73. The van der Waals surface area contributed by atoms with Gasteiger partial charge in [-0.1, -0.05) is 22.0 Å². The normalized spacial score (nSPS) is 10.7. The topological polar surface area (TPSA) is 58.6 Å². The van der Waals surface area contributed by atoms with E-state index in [-0.39, 0.29) is 11.7 Å². The fourth-order valence-corrected chi connectivity index (χ4v) is 2.60. The summed E-state index contributed by atoms with van der Waals surface area (Å²) in [7, 11) is 0. The maximum Gasteiger partial charge on any atom is 0.335 e. The highest BCUT2D eigenvalue weighted by Gasteiger charge is 2.09. The summed E-state index contributed by atoms with van der Waals surface area (Å²) in [5.74, 6) is -0.109. The summed E-state index contributed by atoms with van der Waals surface area (Å²) in [6.45, 7) is 6.46. The molecule has 0 radical (unpaired) electrons. The van der Waals surface area contributed by atoms with E-state index in [0.717, 1.165) is 27.0 Å². The summed E-state index contributed by atoms with van der Waals surface area (Å²) in [5, 5.41) is 12.4. The minimum atomic E-state index is -0.931. The van der Waals surface area contributed by atoms with Crippen molar-refractivity contribution < 1.29 is 14.6 Å². The summed E-state index contributed by atoms with van der Waals surface area (Å²) in [6.07, 6.45) is 0.0898. The molecule has 0 saturated heterocycles. The number of ether oxygens (including phenoxy) is 1. The molecule has 0 atom stereocenters. The van der Waals surface area contributed by atoms with E-state index in [2.05, 4.69) is 21.2 Å². The van der Waals surface area contributed by atoms with Crippen molar-refractivity contribution in [1.29, 1.82) is 0 Å². The third-order valence-electron chi connectivity index (χ3n) is 3.34. The molecule has 0 aliphatic carbocycles. The van der Waals surface area contributed by atoms with Crippen molar-refractivity contribution in [2.24, 2.45) is 0 Å². The van der Waals surface area contributed by atoms with E-state index in [4.69, 9.17) is 9.84 Å². The van der Waals surface area contributed by atoms with Crippen molar-refractivity contribution in [2.45, 2.75) is 33.4 Å². The molecule has 0 heterocycles. The van der Waals surface area contributed by atoms with Gasteiger partial charge in [0.2, 0.25) is 0 Å². The second kappa shape index (κ2) is 7.51. The molecule has 2 aromatic rings. The fourth-order valence-electron chi connectivity index (χ4n) is 2.19. The number of aryl methyl sites for hydroxylation is 1. The zero-order valence-corrected chi connectivity index (χ0v) is 15.0. The van der Waals surface area contributed by atoms with Crippen LogP contribution in [0, 0.1) is 6.92 Å². The zero-order chi connectivity index (χ0) is 17.0. The Kier molecular flexibility index (Phi) is 5.66. The molecule has 4 nitrogen and oxygen atoms in total. The summed E-state index contributed by atoms with van der Waals surface area (Å²) in [5.41, 5.74) is 3.08. The van der Waals surface area contributed by atoms with Crippen LogP contribution in [-0.2, 0) is 6.54 Å². The van der Waals surface area contributed by atoms with E-state index in [1.165, 1.54) is 0 Å². The Morgan fingerprint density at radius 2 is 2.00 bits per heavy atom. The average Bonchev–Trinajstić information content (AvgIpc) is 2.48. The lowest BCUT2D eigenvalue weighted by Crippen LogP contribution is -2.10. The molecule has 0 amide bonds. The van der Waals surface area contributed by atoms with E-state index in [0.29, 0.717) is 6.54 Å². The van der Waals surface area contributed by atoms with E-state index in [1.54, 1.807) is 18.2 Å². The summed E-state index contributed by atoms with van der Waals surface area (Å²) >= 11 is 3.47.